The molecule has 5 rings (SSSR count). The Kier molecular flexibility index (Phi) is 4.86. The van der Waals surface area contributed by atoms with Crippen LogP contribution in [-0.4, -0.2) is 53.5 Å². The normalized spacial score (nSPS) is 15.1. The minimum Gasteiger partial charge on any atom is -0.335 e. The van der Waals surface area contributed by atoms with Crippen molar-refractivity contribution in [3.05, 3.63) is 64.2 Å². The molecule has 170 valence electrons. The molecule has 4 aromatic rings. The predicted octanol–water partition coefficient (Wildman–Crippen LogP) is 2.95. The third-order valence-electron chi connectivity index (χ3n) is 5.66. The maximum atomic E-state index is 13.8. The largest absolute Gasteiger partial charge is 0.335 e. The van der Waals surface area contributed by atoms with Gasteiger partial charge in [0.15, 0.2) is 0 Å². The quantitative estimate of drug-likeness (QED) is 0.457. The Morgan fingerprint density at radius 3 is 2.67 bits per heavy atom. The van der Waals surface area contributed by atoms with Crippen LogP contribution >= 0.6 is 11.6 Å². The van der Waals surface area contributed by atoms with Gasteiger partial charge >= 0.3 is 0 Å². The molecule has 0 unspecified atom stereocenters. The van der Waals surface area contributed by atoms with Crippen LogP contribution in [0.15, 0.2) is 47.8 Å². The van der Waals surface area contributed by atoms with Gasteiger partial charge in [-0.05, 0) is 30.7 Å². The SMILES string of the molecule is Cn1cnc(-n2cc(-c3ccc(F)c(Cl)c3)c3c(=O)n(CC(=O)N4CC(C)(F)C4)ccc32)n1. The van der Waals surface area contributed by atoms with Crippen LogP contribution in [0.1, 0.15) is 6.92 Å². The van der Waals surface area contributed by atoms with E-state index in [4.69, 9.17) is 11.6 Å². The molecule has 1 aliphatic rings. The van der Waals surface area contributed by atoms with Gasteiger partial charge in [0.25, 0.3) is 11.5 Å². The molecule has 0 bridgehead atoms. The fraction of sp³-hybridized carbons (Fsp3) is 0.273. The lowest BCUT2D eigenvalue weighted by Gasteiger charge is -2.42. The number of aryl methyl sites for hydroxylation is 1. The van der Waals surface area contributed by atoms with E-state index >= 15 is 0 Å². The Morgan fingerprint density at radius 2 is 2.03 bits per heavy atom. The number of fused-ring (bicyclic) bond motifs is 1. The van der Waals surface area contributed by atoms with Crippen LogP contribution < -0.4 is 5.56 Å². The summed E-state index contributed by atoms with van der Waals surface area (Å²) in [6.07, 6.45) is 4.72. The van der Waals surface area contributed by atoms with Gasteiger partial charge in [0.2, 0.25) is 5.91 Å². The highest BCUT2D eigenvalue weighted by Gasteiger charge is 2.41. The Morgan fingerprint density at radius 1 is 1.27 bits per heavy atom. The minimum absolute atomic E-state index is 0.00385. The van der Waals surface area contributed by atoms with Gasteiger partial charge in [0.1, 0.15) is 24.4 Å². The van der Waals surface area contributed by atoms with E-state index in [0.717, 1.165) is 0 Å². The van der Waals surface area contributed by atoms with Crippen LogP contribution in [0, 0.1) is 5.82 Å². The highest BCUT2D eigenvalue weighted by atomic mass is 35.5. The first kappa shape index (κ1) is 21.3. The summed E-state index contributed by atoms with van der Waals surface area (Å²) in [6, 6.07) is 5.87. The summed E-state index contributed by atoms with van der Waals surface area (Å²) in [6.45, 7) is 1.22. The number of carbonyl (C=O) groups excluding carboxylic acids is 1. The average molecular weight is 473 g/mol. The second-order valence-electron chi connectivity index (χ2n) is 8.43. The molecular formula is C22H19ClF2N6O2. The van der Waals surface area contributed by atoms with Crippen LogP contribution in [0.25, 0.3) is 28.0 Å². The molecule has 3 aromatic heterocycles. The van der Waals surface area contributed by atoms with Crippen LogP contribution in [0.2, 0.25) is 5.02 Å². The summed E-state index contributed by atoms with van der Waals surface area (Å²) in [5.74, 6) is -0.574. The molecule has 0 spiro atoms. The third kappa shape index (κ3) is 3.70. The van der Waals surface area contributed by atoms with Gasteiger partial charge < -0.3 is 9.47 Å². The number of hydrogen-bond donors (Lipinski definition) is 0. The van der Waals surface area contributed by atoms with Crippen molar-refractivity contribution in [2.75, 3.05) is 13.1 Å². The van der Waals surface area contributed by atoms with E-state index in [0.29, 0.717) is 28.0 Å². The maximum Gasteiger partial charge on any atom is 0.261 e. The summed E-state index contributed by atoms with van der Waals surface area (Å²) in [7, 11) is 1.72. The van der Waals surface area contributed by atoms with Crippen LogP contribution in [0.5, 0.6) is 0 Å². The molecule has 8 nitrogen and oxygen atoms in total. The van der Waals surface area contributed by atoms with Crippen molar-refractivity contribution in [3.8, 4) is 17.1 Å². The van der Waals surface area contributed by atoms with Crippen molar-refractivity contribution in [2.45, 2.75) is 19.1 Å². The zero-order valence-corrected chi connectivity index (χ0v) is 18.6. The molecule has 1 saturated heterocycles. The molecule has 1 aliphatic heterocycles. The summed E-state index contributed by atoms with van der Waals surface area (Å²) < 4.78 is 32.0. The second kappa shape index (κ2) is 7.51. The lowest BCUT2D eigenvalue weighted by molar-refractivity contribution is -0.144. The van der Waals surface area contributed by atoms with Crippen molar-refractivity contribution in [1.82, 2.24) is 28.8 Å². The Balaban J connectivity index is 1.64. The molecule has 1 aromatic carbocycles. The fourth-order valence-electron chi connectivity index (χ4n) is 4.06. The molecule has 0 radical (unpaired) electrons. The number of halogens is 3. The molecule has 0 atom stereocenters. The first-order valence-electron chi connectivity index (χ1n) is 10.2. The van der Waals surface area contributed by atoms with Gasteiger partial charge in [0.05, 0.1) is 29.0 Å². The number of benzene rings is 1. The number of likely N-dealkylation sites (tertiary alicyclic amines) is 1. The monoisotopic (exact) mass is 472 g/mol. The topological polar surface area (TPSA) is 78.0 Å². The van der Waals surface area contributed by atoms with Gasteiger partial charge in [-0.2, -0.15) is 4.98 Å². The van der Waals surface area contributed by atoms with Crippen LogP contribution in [0.3, 0.4) is 0 Å². The number of rotatable bonds is 4. The Bertz CT molecular complexity index is 1460. The summed E-state index contributed by atoms with van der Waals surface area (Å²) in [5.41, 5.74) is -0.281. The number of alkyl halides is 1. The highest BCUT2D eigenvalue weighted by molar-refractivity contribution is 6.31. The molecule has 33 heavy (non-hydrogen) atoms. The number of amides is 1. The molecule has 11 heteroatoms. The minimum atomic E-state index is -1.40. The first-order valence-corrected chi connectivity index (χ1v) is 10.5. The van der Waals surface area contributed by atoms with E-state index < -0.39 is 17.0 Å². The lowest BCUT2D eigenvalue weighted by atomic mass is 9.99. The molecule has 4 heterocycles. The molecule has 0 N–H and O–H groups in total. The fourth-order valence-corrected chi connectivity index (χ4v) is 4.24. The number of hydrogen-bond acceptors (Lipinski definition) is 4. The molecule has 0 saturated carbocycles. The van der Waals surface area contributed by atoms with Gasteiger partial charge in [0, 0.05) is 25.0 Å². The van der Waals surface area contributed by atoms with Crippen LogP contribution in [-0.2, 0) is 18.4 Å². The van der Waals surface area contributed by atoms with Gasteiger partial charge in [-0.25, -0.2) is 8.78 Å². The molecule has 1 fully saturated rings. The second-order valence-corrected chi connectivity index (χ2v) is 8.84. The van der Waals surface area contributed by atoms with Gasteiger partial charge in [-0.15, -0.1) is 5.10 Å². The zero-order valence-electron chi connectivity index (χ0n) is 17.8. The van der Waals surface area contributed by atoms with Crippen LogP contribution in [0.4, 0.5) is 8.78 Å². The third-order valence-corrected chi connectivity index (χ3v) is 5.95. The summed E-state index contributed by atoms with van der Waals surface area (Å²) in [4.78, 5) is 31.6. The smallest absolute Gasteiger partial charge is 0.261 e. The average Bonchev–Trinajstić information content (AvgIpc) is 3.34. The maximum absolute atomic E-state index is 13.8. The van der Waals surface area contributed by atoms with Crippen molar-refractivity contribution >= 4 is 28.4 Å². The first-order chi connectivity index (χ1) is 15.6. The Labute approximate surface area is 191 Å². The molecular weight excluding hydrogens is 454 g/mol. The lowest BCUT2D eigenvalue weighted by Crippen LogP contribution is -2.60. The van der Waals surface area contributed by atoms with E-state index in [9.17, 15) is 18.4 Å². The predicted molar refractivity (Wildman–Crippen MR) is 119 cm³/mol. The van der Waals surface area contributed by atoms with Crippen molar-refractivity contribution < 1.29 is 13.6 Å². The number of pyridine rings is 1. The van der Waals surface area contributed by atoms with E-state index in [1.165, 1.54) is 51.8 Å². The van der Waals surface area contributed by atoms with E-state index in [2.05, 4.69) is 10.1 Å². The highest BCUT2D eigenvalue weighted by Crippen LogP contribution is 2.32. The summed E-state index contributed by atoms with van der Waals surface area (Å²) in [5, 5.41) is 4.53. The van der Waals surface area contributed by atoms with Crippen molar-refractivity contribution in [1.29, 1.82) is 0 Å². The van der Waals surface area contributed by atoms with E-state index in [1.54, 1.807) is 23.9 Å². The van der Waals surface area contributed by atoms with Gasteiger partial charge in [-0.3, -0.25) is 18.8 Å². The van der Waals surface area contributed by atoms with Crippen molar-refractivity contribution in [2.24, 2.45) is 7.05 Å². The number of carbonyl (C=O) groups is 1. The zero-order chi connectivity index (χ0) is 23.5. The van der Waals surface area contributed by atoms with E-state index in [-0.39, 0.29) is 30.6 Å². The van der Waals surface area contributed by atoms with E-state index in [1.807, 2.05) is 0 Å². The standard InChI is InChI=1S/C22H19ClF2N6O2/c1-22(25)10-30(11-22)18(32)9-29-6-5-17-19(20(29)33)14(13-3-4-16(24)15(23)7-13)8-31(17)21-26-12-28(2)27-21/h3-8,12H,9-11H2,1-2H3. The molecule has 0 aliphatic carbocycles. The number of aromatic nitrogens is 5. The number of nitrogens with zero attached hydrogens (tertiary/aromatic N) is 6. The van der Waals surface area contributed by atoms with Crippen molar-refractivity contribution in [3.63, 3.8) is 0 Å². The van der Waals surface area contributed by atoms with Gasteiger partial charge in [-0.1, -0.05) is 17.7 Å². The molecule has 1 amide bonds. The Hall–Kier alpha value is -3.53. The summed E-state index contributed by atoms with van der Waals surface area (Å²) >= 11 is 5.99.